The summed E-state index contributed by atoms with van der Waals surface area (Å²) in [5.74, 6) is -0.699. The molecule has 1 unspecified atom stereocenters. The Balaban J connectivity index is 3.06. The zero-order chi connectivity index (χ0) is 15.3. The minimum absolute atomic E-state index is 0.107. The van der Waals surface area contributed by atoms with Crippen molar-refractivity contribution in [3.63, 3.8) is 0 Å². The van der Waals surface area contributed by atoms with Crippen LogP contribution in [0.15, 0.2) is 18.2 Å². The number of aromatic hydroxyl groups is 2. The van der Waals surface area contributed by atoms with E-state index in [2.05, 4.69) is 5.32 Å². The number of nitrogens with zero attached hydrogens (tertiary/aromatic N) is 1. The quantitative estimate of drug-likeness (QED) is 0.664. The van der Waals surface area contributed by atoms with Crippen LogP contribution in [-0.2, 0) is 15.1 Å². The maximum atomic E-state index is 12.1. The highest BCUT2D eigenvalue weighted by Crippen LogP contribution is 2.29. The highest BCUT2D eigenvalue weighted by molar-refractivity contribution is 5.82. The van der Waals surface area contributed by atoms with Crippen LogP contribution in [-0.4, -0.2) is 55.4 Å². The zero-order valence-electron chi connectivity index (χ0n) is 12.3. The van der Waals surface area contributed by atoms with Crippen LogP contribution in [0.3, 0.4) is 0 Å². The number of nitrogens with one attached hydrogen (secondary N) is 1. The fraction of sp³-hybridized carbons (Fsp3) is 0.500. The number of likely N-dealkylation sites (N-methyl/N-ethyl adjacent to an activating group) is 1. The van der Waals surface area contributed by atoms with Crippen LogP contribution in [0, 0.1) is 0 Å². The van der Waals surface area contributed by atoms with Crippen molar-refractivity contribution in [2.45, 2.75) is 12.5 Å². The molecule has 6 nitrogen and oxygen atoms in total. The number of ether oxygens (including phenoxy) is 1. The molecule has 1 atom stereocenters. The first-order valence-electron chi connectivity index (χ1n) is 6.31. The fourth-order valence-electron chi connectivity index (χ4n) is 1.91. The summed E-state index contributed by atoms with van der Waals surface area (Å²) in [7, 11) is 5.16. The van der Waals surface area contributed by atoms with Gasteiger partial charge in [-0.25, -0.2) is 4.79 Å². The van der Waals surface area contributed by atoms with Crippen molar-refractivity contribution < 1.29 is 19.7 Å². The third kappa shape index (κ3) is 3.85. The number of carbonyl (C=O) groups excluding carboxylic acids is 1. The second kappa shape index (κ2) is 6.58. The summed E-state index contributed by atoms with van der Waals surface area (Å²) < 4.78 is 4.83. The van der Waals surface area contributed by atoms with Crippen LogP contribution in [0.2, 0.25) is 0 Å². The first-order valence-corrected chi connectivity index (χ1v) is 6.31. The molecule has 0 aromatic heterocycles. The van der Waals surface area contributed by atoms with E-state index in [-0.39, 0.29) is 11.5 Å². The van der Waals surface area contributed by atoms with E-state index in [1.165, 1.54) is 25.3 Å². The second-order valence-corrected chi connectivity index (χ2v) is 5.08. The Morgan fingerprint density at radius 2 is 1.85 bits per heavy atom. The molecule has 20 heavy (non-hydrogen) atoms. The molecule has 0 aliphatic rings. The van der Waals surface area contributed by atoms with Gasteiger partial charge in [0.25, 0.3) is 0 Å². The molecule has 0 saturated heterocycles. The molecule has 6 heteroatoms. The van der Waals surface area contributed by atoms with Gasteiger partial charge in [0.2, 0.25) is 0 Å². The first kappa shape index (κ1) is 16.3. The topological polar surface area (TPSA) is 82.0 Å². The number of carbonyl (C=O) groups is 1. The lowest BCUT2D eigenvalue weighted by atomic mass is 9.91. The zero-order valence-corrected chi connectivity index (χ0v) is 12.3. The van der Waals surface area contributed by atoms with E-state index in [4.69, 9.17) is 4.74 Å². The molecule has 1 rings (SSSR count). The number of hydrogen-bond donors (Lipinski definition) is 3. The van der Waals surface area contributed by atoms with Crippen molar-refractivity contribution in [1.82, 2.24) is 10.2 Å². The normalized spacial score (nSPS) is 14.1. The van der Waals surface area contributed by atoms with Crippen LogP contribution >= 0.6 is 0 Å². The van der Waals surface area contributed by atoms with Crippen LogP contribution in [0.1, 0.15) is 12.5 Å². The molecule has 0 aliphatic heterocycles. The average Bonchev–Trinajstić information content (AvgIpc) is 2.35. The van der Waals surface area contributed by atoms with Crippen molar-refractivity contribution in [1.29, 1.82) is 0 Å². The van der Waals surface area contributed by atoms with Crippen molar-refractivity contribution >= 4 is 5.97 Å². The molecular formula is C14H22N2O4. The smallest absolute Gasteiger partial charge is 0.330 e. The van der Waals surface area contributed by atoms with Crippen LogP contribution < -0.4 is 5.32 Å². The van der Waals surface area contributed by atoms with Gasteiger partial charge in [-0.1, -0.05) is 0 Å². The minimum Gasteiger partial charge on any atom is -0.508 e. The van der Waals surface area contributed by atoms with Crippen molar-refractivity contribution in [2.75, 3.05) is 34.3 Å². The molecule has 0 radical (unpaired) electrons. The molecule has 0 aliphatic carbocycles. The van der Waals surface area contributed by atoms with Gasteiger partial charge in [-0.2, -0.15) is 0 Å². The molecule has 1 aromatic carbocycles. The Labute approximate surface area is 119 Å². The van der Waals surface area contributed by atoms with E-state index >= 15 is 0 Å². The Bertz CT molecular complexity index is 456. The summed E-state index contributed by atoms with van der Waals surface area (Å²) in [4.78, 5) is 14.0. The lowest BCUT2D eigenvalue weighted by Gasteiger charge is -2.29. The second-order valence-electron chi connectivity index (χ2n) is 5.08. The third-order valence-electron chi connectivity index (χ3n) is 3.11. The number of phenols is 2. The standard InChI is InChI=1S/C14H22N2O4/c1-14(13(19)20-4,15-5-6-16(2)3)10-7-11(17)9-12(18)8-10/h7-9,15,17-18H,5-6H2,1-4H3. The van der Waals surface area contributed by atoms with Gasteiger partial charge in [0.15, 0.2) is 0 Å². The Kier molecular flexibility index (Phi) is 5.35. The van der Waals surface area contributed by atoms with Gasteiger partial charge in [-0.3, -0.25) is 5.32 Å². The molecule has 0 saturated carbocycles. The first-order chi connectivity index (χ1) is 9.29. The number of esters is 1. The highest BCUT2D eigenvalue weighted by Gasteiger charge is 2.36. The Hall–Kier alpha value is -1.79. The van der Waals surface area contributed by atoms with Crippen LogP contribution in [0.4, 0.5) is 0 Å². The summed E-state index contributed by atoms with van der Waals surface area (Å²) in [6.07, 6.45) is 0. The molecule has 0 fully saturated rings. The summed E-state index contributed by atoms with van der Waals surface area (Å²) >= 11 is 0. The molecule has 0 bridgehead atoms. The Morgan fingerprint density at radius 3 is 2.30 bits per heavy atom. The summed E-state index contributed by atoms with van der Waals surface area (Å²) in [5.41, 5.74) is -0.693. The van der Waals surface area contributed by atoms with E-state index in [0.717, 1.165) is 6.54 Å². The third-order valence-corrected chi connectivity index (χ3v) is 3.11. The number of benzene rings is 1. The lowest BCUT2D eigenvalue weighted by Crippen LogP contribution is -2.49. The van der Waals surface area contributed by atoms with E-state index in [9.17, 15) is 15.0 Å². The summed E-state index contributed by atoms with van der Waals surface area (Å²) in [6, 6.07) is 4.07. The monoisotopic (exact) mass is 282 g/mol. The van der Waals surface area contributed by atoms with Gasteiger partial charge >= 0.3 is 5.97 Å². The van der Waals surface area contributed by atoms with Crippen molar-refractivity contribution in [3.8, 4) is 11.5 Å². The number of phenolic OH excluding ortho intramolecular Hbond substituents is 2. The number of hydrogen-bond acceptors (Lipinski definition) is 6. The summed E-state index contributed by atoms with van der Waals surface area (Å²) in [6.45, 7) is 2.94. The molecule has 0 heterocycles. The molecule has 0 amide bonds. The van der Waals surface area contributed by atoms with Gasteiger partial charge in [-0.05, 0) is 38.7 Å². The van der Waals surface area contributed by atoms with E-state index in [1.54, 1.807) is 6.92 Å². The molecular weight excluding hydrogens is 260 g/mol. The number of rotatable bonds is 6. The largest absolute Gasteiger partial charge is 0.508 e. The van der Waals surface area contributed by atoms with E-state index in [0.29, 0.717) is 12.1 Å². The molecule has 3 N–H and O–H groups in total. The number of methoxy groups -OCH3 is 1. The molecule has 112 valence electrons. The maximum absolute atomic E-state index is 12.1. The molecule has 0 spiro atoms. The maximum Gasteiger partial charge on any atom is 0.330 e. The van der Waals surface area contributed by atoms with Gasteiger partial charge in [0, 0.05) is 19.2 Å². The van der Waals surface area contributed by atoms with Gasteiger partial charge < -0.3 is 19.8 Å². The van der Waals surface area contributed by atoms with Crippen LogP contribution in [0.25, 0.3) is 0 Å². The minimum atomic E-state index is -1.14. The van der Waals surface area contributed by atoms with E-state index in [1.807, 2.05) is 19.0 Å². The van der Waals surface area contributed by atoms with Gasteiger partial charge in [0.1, 0.15) is 17.0 Å². The van der Waals surface area contributed by atoms with Crippen LogP contribution in [0.5, 0.6) is 11.5 Å². The Morgan fingerprint density at radius 1 is 1.30 bits per heavy atom. The predicted molar refractivity (Wildman–Crippen MR) is 75.7 cm³/mol. The van der Waals surface area contributed by atoms with Crippen molar-refractivity contribution in [3.05, 3.63) is 23.8 Å². The fourth-order valence-corrected chi connectivity index (χ4v) is 1.91. The predicted octanol–water partition coefficient (Wildman–Crippen LogP) is 0.637. The lowest BCUT2D eigenvalue weighted by molar-refractivity contribution is -0.148. The molecule has 1 aromatic rings. The van der Waals surface area contributed by atoms with Gasteiger partial charge in [-0.15, -0.1) is 0 Å². The summed E-state index contributed by atoms with van der Waals surface area (Å²) in [5, 5.41) is 22.3. The highest BCUT2D eigenvalue weighted by atomic mass is 16.5. The average molecular weight is 282 g/mol. The SMILES string of the molecule is COC(=O)C(C)(NCCN(C)C)c1cc(O)cc(O)c1. The van der Waals surface area contributed by atoms with Crippen molar-refractivity contribution in [2.24, 2.45) is 0 Å². The van der Waals surface area contributed by atoms with Gasteiger partial charge in [0.05, 0.1) is 7.11 Å². The van der Waals surface area contributed by atoms with E-state index < -0.39 is 11.5 Å².